The Hall–Kier alpha value is -3.66. The summed E-state index contributed by atoms with van der Waals surface area (Å²) < 4.78 is 11.8. The fourth-order valence-electron chi connectivity index (χ4n) is 4.95. The molecule has 1 saturated heterocycles. The lowest BCUT2D eigenvalue weighted by atomic mass is 9.91. The Kier molecular flexibility index (Phi) is 9.91. The maximum absolute atomic E-state index is 8.97. The van der Waals surface area contributed by atoms with Crippen LogP contribution in [-0.4, -0.2) is 37.2 Å². The first-order valence-electron chi connectivity index (χ1n) is 13.4. The smallest absolute Gasteiger partial charge is 0.170 e. The van der Waals surface area contributed by atoms with Gasteiger partial charge >= 0.3 is 0 Å². The summed E-state index contributed by atoms with van der Waals surface area (Å²) in [4.78, 5) is 2.57. The monoisotopic (exact) mass is 510 g/mol. The van der Waals surface area contributed by atoms with E-state index in [1.807, 2.05) is 51.4 Å². The Balaban J connectivity index is 0.00000107. The van der Waals surface area contributed by atoms with Crippen LogP contribution in [0.4, 0.5) is 0 Å². The zero-order valence-corrected chi connectivity index (χ0v) is 22.7. The molecule has 0 atom stereocenters. The first-order chi connectivity index (χ1) is 18.6. The number of hydrogen-bond donors (Lipinski definition) is 1. The van der Waals surface area contributed by atoms with Crippen LogP contribution in [0, 0.1) is 24.2 Å². The predicted octanol–water partition coefficient (Wildman–Crippen LogP) is 6.27. The van der Waals surface area contributed by atoms with Crippen LogP contribution in [0.25, 0.3) is 11.0 Å². The van der Waals surface area contributed by atoms with Gasteiger partial charge in [0.25, 0.3) is 0 Å². The molecular formula is C32H38N4O2. The lowest BCUT2D eigenvalue weighted by Crippen LogP contribution is -2.33. The number of piperidine rings is 1. The number of nitrogens with one attached hydrogen (secondary N) is 1. The molecule has 2 heterocycles. The molecule has 0 bridgehead atoms. The fourth-order valence-corrected chi connectivity index (χ4v) is 4.95. The average molecular weight is 511 g/mol. The van der Waals surface area contributed by atoms with Gasteiger partial charge in [0.15, 0.2) is 5.58 Å². The van der Waals surface area contributed by atoms with Gasteiger partial charge in [0.2, 0.25) is 0 Å². The number of fused-ring (bicyclic) bond motifs is 1. The van der Waals surface area contributed by atoms with Crippen molar-refractivity contribution in [1.82, 2.24) is 15.4 Å². The Morgan fingerprint density at radius 2 is 1.74 bits per heavy atom. The second-order valence-electron chi connectivity index (χ2n) is 10.1. The summed E-state index contributed by atoms with van der Waals surface area (Å²) in [6.45, 7) is 5.86. The number of nitrogens with zero attached hydrogens (tertiary/aromatic N) is 3. The summed E-state index contributed by atoms with van der Waals surface area (Å²) in [5.41, 5.74) is 5.99. The van der Waals surface area contributed by atoms with Crippen molar-refractivity contribution >= 4 is 11.0 Å². The van der Waals surface area contributed by atoms with Crippen LogP contribution in [0.3, 0.4) is 0 Å². The van der Waals surface area contributed by atoms with Crippen molar-refractivity contribution in [2.24, 2.45) is 5.92 Å². The van der Waals surface area contributed by atoms with Crippen molar-refractivity contribution < 1.29 is 9.26 Å². The van der Waals surface area contributed by atoms with E-state index in [9.17, 15) is 0 Å². The SMILES string of the molecule is CNC.Cc1cc(OCc2ccc(C#N)cc2)cc2c(CCC3CCN(Cc4ccccc4)CC3)noc12. The van der Waals surface area contributed by atoms with Crippen molar-refractivity contribution in [2.45, 2.75) is 45.8 Å². The van der Waals surface area contributed by atoms with Crippen molar-refractivity contribution in [3.8, 4) is 11.8 Å². The Labute approximate surface area is 226 Å². The van der Waals surface area contributed by atoms with Gasteiger partial charge in [-0.1, -0.05) is 47.6 Å². The molecule has 1 aromatic heterocycles. The number of aryl methyl sites for hydroxylation is 2. The van der Waals surface area contributed by atoms with E-state index >= 15 is 0 Å². The summed E-state index contributed by atoms with van der Waals surface area (Å²) in [6.07, 6.45) is 4.53. The number of benzene rings is 3. The molecule has 198 valence electrons. The lowest BCUT2D eigenvalue weighted by Gasteiger charge is -2.31. The zero-order chi connectivity index (χ0) is 26.7. The van der Waals surface area contributed by atoms with E-state index in [-0.39, 0.29) is 0 Å². The minimum atomic E-state index is 0.457. The van der Waals surface area contributed by atoms with Crippen LogP contribution in [0.15, 0.2) is 71.3 Å². The van der Waals surface area contributed by atoms with Crippen LogP contribution in [0.1, 0.15) is 47.2 Å². The number of rotatable bonds is 8. The van der Waals surface area contributed by atoms with Crippen molar-refractivity contribution in [3.63, 3.8) is 0 Å². The molecule has 6 heteroatoms. The van der Waals surface area contributed by atoms with Crippen LogP contribution in [0.2, 0.25) is 0 Å². The van der Waals surface area contributed by atoms with E-state index in [2.05, 4.69) is 57.8 Å². The van der Waals surface area contributed by atoms with E-state index in [0.717, 1.165) is 71.9 Å². The van der Waals surface area contributed by atoms with Gasteiger partial charge in [-0.25, -0.2) is 0 Å². The Morgan fingerprint density at radius 1 is 1.03 bits per heavy atom. The van der Waals surface area contributed by atoms with E-state index in [4.69, 9.17) is 14.5 Å². The minimum absolute atomic E-state index is 0.457. The van der Waals surface area contributed by atoms with E-state index in [1.165, 1.54) is 18.4 Å². The molecule has 0 aliphatic carbocycles. The quantitative estimate of drug-likeness (QED) is 0.301. The molecule has 0 unspecified atom stereocenters. The first-order valence-corrected chi connectivity index (χ1v) is 13.4. The maximum atomic E-state index is 8.97. The van der Waals surface area contributed by atoms with E-state index in [1.54, 1.807) is 0 Å². The Morgan fingerprint density at radius 3 is 2.42 bits per heavy atom. The van der Waals surface area contributed by atoms with Gasteiger partial charge in [-0.05, 0) is 107 Å². The number of hydrogen-bond acceptors (Lipinski definition) is 6. The number of aromatic nitrogens is 1. The van der Waals surface area contributed by atoms with Gasteiger partial charge in [-0.3, -0.25) is 4.90 Å². The number of nitriles is 1. The molecule has 0 amide bonds. The molecule has 6 nitrogen and oxygen atoms in total. The molecule has 1 aliphatic heterocycles. The third-order valence-corrected chi connectivity index (χ3v) is 7.04. The van der Waals surface area contributed by atoms with Gasteiger partial charge in [0.1, 0.15) is 12.4 Å². The lowest BCUT2D eigenvalue weighted by molar-refractivity contribution is 0.172. The number of likely N-dealkylation sites (tertiary alicyclic amines) is 1. The van der Waals surface area contributed by atoms with Gasteiger partial charge in [0, 0.05) is 11.9 Å². The van der Waals surface area contributed by atoms with Crippen LogP contribution >= 0.6 is 0 Å². The van der Waals surface area contributed by atoms with Gasteiger partial charge in [-0.2, -0.15) is 5.26 Å². The summed E-state index contributed by atoms with van der Waals surface area (Å²) in [5.74, 6) is 1.55. The third kappa shape index (κ3) is 7.44. The predicted molar refractivity (Wildman–Crippen MR) is 152 cm³/mol. The molecule has 1 N–H and O–H groups in total. The molecule has 0 saturated carbocycles. The van der Waals surface area contributed by atoms with Gasteiger partial charge < -0.3 is 14.6 Å². The zero-order valence-electron chi connectivity index (χ0n) is 22.7. The summed E-state index contributed by atoms with van der Waals surface area (Å²) in [7, 11) is 3.75. The molecule has 5 rings (SSSR count). The largest absolute Gasteiger partial charge is 0.489 e. The molecule has 0 radical (unpaired) electrons. The normalized spacial score (nSPS) is 14.1. The van der Waals surface area contributed by atoms with Crippen molar-refractivity contribution in [1.29, 1.82) is 5.26 Å². The molecule has 1 fully saturated rings. The van der Waals surface area contributed by atoms with Gasteiger partial charge in [0.05, 0.1) is 17.3 Å². The second-order valence-corrected chi connectivity index (χ2v) is 10.1. The average Bonchev–Trinajstić information content (AvgIpc) is 3.36. The molecule has 4 aromatic rings. The van der Waals surface area contributed by atoms with Crippen molar-refractivity contribution in [3.05, 3.63) is 94.7 Å². The van der Waals surface area contributed by atoms with Gasteiger partial charge in [-0.15, -0.1) is 0 Å². The highest BCUT2D eigenvalue weighted by molar-refractivity contribution is 5.84. The second kappa shape index (κ2) is 13.8. The summed E-state index contributed by atoms with van der Waals surface area (Å²) >= 11 is 0. The molecule has 38 heavy (non-hydrogen) atoms. The molecule has 0 spiro atoms. The number of ether oxygens (including phenoxy) is 1. The van der Waals surface area contributed by atoms with E-state index in [0.29, 0.717) is 12.2 Å². The topological polar surface area (TPSA) is 74.3 Å². The highest BCUT2D eigenvalue weighted by Gasteiger charge is 2.21. The first kappa shape index (κ1) is 27.4. The van der Waals surface area contributed by atoms with Crippen LogP contribution in [0.5, 0.6) is 5.75 Å². The Bertz CT molecular complexity index is 1320. The molecule has 1 aliphatic rings. The minimum Gasteiger partial charge on any atom is -0.489 e. The summed E-state index contributed by atoms with van der Waals surface area (Å²) in [6, 6.07) is 24.4. The van der Waals surface area contributed by atoms with Crippen LogP contribution in [-0.2, 0) is 19.6 Å². The highest BCUT2D eigenvalue weighted by atomic mass is 16.5. The fraction of sp³-hybridized carbons (Fsp3) is 0.375. The van der Waals surface area contributed by atoms with E-state index < -0.39 is 0 Å². The molecular weight excluding hydrogens is 472 g/mol. The highest BCUT2D eigenvalue weighted by Crippen LogP contribution is 2.30. The standard InChI is InChI=1S/C30H31N3O2.C2H7N/c1-22-17-27(34-21-26-9-7-24(19-31)8-10-26)18-28-29(32-35-30(22)28)12-11-23-13-15-33(16-14-23)20-25-5-3-2-4-6-25;1-3-2/h2-10,17-18,23H,11-16,20-21H2,1H3;3H,1-2H3. The van der Waals surface area contributed by atoms with Crippen molar-refractivity contribution in [2.75, 3.05) is 27.2 Å². The van der Waals surface area contributed by atoms with Crippen LogP contribution < -0.4 is 10.1 Å². The third-order valence-electron chi connectivity index (χ3n) is 7.04. The molecule has 3 aromatic carbocycles. The maximum Gasteiger partial charge on any atom is 0.170 e. The summed E-state index contributed by atoms with van der Waals surface area (Å²) in [5, 5.41) is 17.2.